The summed E-state index contributed by atoms with van der Waals surface area (Å²) in [6.45, 7) is 12.9. The smallest absolute Gasteiger partial charge is 0.0499 e. The van der Waals surface area contributed by atoms with E-state index < -0.39 is 0 Å². The first kappa shape index (κ1) is 16.0. The molecule has 2 heteroatoms. The molecule has 0 saturated heterocycles. The van der Waals surface area contributed by atoms with Crippen molar-refractivity contribution in [2.45, 2.75) is 66.3 Å². The van der Waals surface area contributed by atoms with Crippen LogP contribution < -0.4 is 0 Å². The maximum atomic E-state index is 9.83. The fraction of sp³-hybridized carbons (Fsp3) is 1.00. The Labute approximate surface area is 114 Å². The summed E-state index contributed by atoms with van der Waals surface area (Å²) < 4.78 is 0. The van der Waals surface area contributed by atoms with Gasteiger partial charge in [0.1, 0.15) is 0 Å². The number of aliphatic hydroxyl groups is 1. The zero-order valence-electron chi connectivity index (χ0n) is 13.3. The van der Waals surface area contributed by atoms with Gasteiger partial charge < -0.3 is 10.0 Å². The van der Waals surface area contributed by atoms with Crippen molar-refractivity contribution in [2.75, 3.05) is 20.2 Å². The van der Waals surface area contributed by atoms with Crippen LogP contribution in [0.5, 0.6) is 0 Å². The second kappa shape index (κ2) is 5.92. The standard InChI is InChI=1S/C16H33NO/c1-13-7-9-16(12-18,10-8-13)11-17(6)14(2)15(3,4)5/h13-14,18H,7-12H2,1-6H3. The van der Waals surface area contributed by atoms with Crippen molar-refractivity contribution in [3.05, 3.63) is 0 Å². The number of nitrogens with zero attached hydrogens (tertiary/aromatic N) is 1. The highest BCUT2D eigenvalue weighted by atomic mass is 16.3. The quantitative estimate of drug-likeness (QED) is 0.830. The van der Waals surface area contributed by atoms with Gasteiger partial charge in [-0.3, -0.25) is 0 Å². The van der Waals surface area contributed by atoms with Gasteiger partial charge in [-0.2, -0.15) is 0 Å². The first-order chi connectivity index (χ1) is 8.20. The van der Waals surface area contributed by atoms with E-state index in [1.807, 2.05) is 0 Å². The monoisotopic (exact) mass is 255 g/mol. The first-order valence-electron chi connectivity index (χ1n) is 7.51. The van der Waals surface area contributed by atoms with Gasteiger partial charge >= 0.3 is 0 Å². The van der Waals surface area contributed by atoms with Gasteiger partial charge in [0.05, 0.1) is 0 Å². The Morgan fingerprint density at radius 2 is 1.78 bits per heavy atom. The molecular weight excluding hydrogens is 222 g/mol. The number of hydrogen-bond acceptors (Lipinski definition) is 2. The molecule has 0 spiro atoms. The minimum absolute atomic E-state index is 0.154. The predicted octanol–water partition coefficient (Wildman–Crippen LogP) is 3.54. The van der Waals surface area contributed by atoms with Crippen LogP contribution >= 0.6 is 0 Å². The molecule has 1 aliphatic carbocycles. The van der Waals surface area contributed by atoms with Crippen molar-refractivity contribution in [1.29, 1.82) is 0 Å². The third kappa shape index (κ3) is 3.96. The van der Waals surface area contributed by atoms with Gasteiger partial charge in [-0.1, -0.05) is 40.5 Å². The van der Waals surface area contributed by atoms with Crippen molar-refractivity contribution < 1.29 is 5.11 Å². The van der Waals surface area contributed by atoms with Crippen LogP contribution in [0.3, 0.4) is 0 Å². The summed E-state index contributed by atoms with van der Waals surface area (Å²) >= 11 is 0. The molecule has 0 heterocycles. The van der Waals surface area contributed by atoms with Gasteiger partial charge in [-0.05, 0) is 38.1 Å². The van der Waals surface area contributed by atoms with Gasteiger partial charge in [0.25, 0.3) is 0 Å². The first-order valence-corrected chi connectivity index (χ1v) is 7.51. The van der Waals surface area contributed by atoms with E-state index in [0.717, 1.165) is 12.5 Å². The molecule has 1 unspecified atom stereocenters. The van der Waals surface area contributed by atoms with E-state index in [-0.39, 0.29) is 5.41 Å². The van der Waals surface area contributed by atoms with Gasteiger partial charge in [0.15, 0.2) is 0 Å². The van der Waals surface area contributed by atoms with Gasteiger partial charge in [-0.15, -0.1) is 0 Å². The molecule has 1 N–H and O–H groups in total. The molecule has 0 aliphatic heterocycles. The average Bonchev–Trinajstić information content (AvgIpc) is 2.30. The molecule has 0 aromatic heterocycles. The third-order valence-electron chi connectivity index (χ3n) is 5.17. The van der Waals surface area contributed by atoms with E-state index in [0.29, 0.717) is 18.1 Å². The van der Waals surface area contributed by atoms with Crippen molar-refractivity contribution in [3.8, 4) is 0 Å². The molecule has 1 rings (SSSR count). The fourth-order valence-electron chi connectivity index (χ4n) is 3.07. The lowest BCUT2D eigenvalue weighted by atomic mass is 9.70. The summed E-state index contributed by atoms with van der Waals surface area (Å²) in [5, 5.41) is 9.83. The van der Waals surface area contributed by atoms with E-state index >= 15 is 0 Å². The molecule has 1 saturated carbocycles. The molecule has 1 atom stereocenters. The summed E-state index contributed by atoms with van der Waals surface area (Å²) in [6.07, 6.45) is 4.92. The van der Waals surface area contributed by atoms with E-state index in [1.165, 1.54) is 25.7 Å². The zero-order chi connectivity index (χ0) is 14.0. The summed E-state index contributed by atoms with van der Waals surface area (Å²) in [4.78, 5) is 2.45. The molecule has 108 valence electrons. The van der Waals surface area contributed by atoms with Crippen LogP contribution in [-0.2, 0) is 0 Å². The second-order valence-corrected chi connectivity index (χ2v) is 7.80. The van der Waals surface area contributed by atoms with E-state index in [4.69, 9.17) is 0 Å². The second-order valence-electron chi connectivity index (χ2n) is 7.80. The maximum absolute atomic E-state index is 9.83. The summed E-state index contributed by atoms with van der Waals surface area (Å²) in [6, 6.07) is 0.542. The zero-order valence-corrected chi connectivity index (χ0v) is 13.3. The lowest BCUT2D eigenvalue weighted by molar-refractivity contribution is 0.0107. The normalized spacial score (nSPS) is 31.7. The lowest BCUT2D eigenvalue weighted by Crippen LogP contribution is -2.47. The summed E-state index contributed by atoms with van der Waals surface area (Å²) in [5.74, 6) is 0.843. The largest absolute Gasteiger partial charge is 0.396 e. The number of rotatable bonds is 4. The van der Waals surface area contributed by atoms with Crippen LogP contribution in [-0.4, -0.2) is 36.2 Å². The van der Waals surface area contributed by atoms with Gasteiger partial charge in [-0.25, -0.2) is 0 Å². The molecule has 1 fully saturated rings. The average molecular weight is 255 g/mol. The Morgan fingerprint density at radius 1 is 1.28 bits per heavy atom. The Kier molecular flexibility index (Phi) is 5.25. The van der Waals surface area contributed by atoms with Crippen molar-refractivity contribution in [1.82, 2.24) is 4.90 Å². The molecule has 0 aromatic carbocycles. The fourth-order valence-corrected chi connectivity index (χ4v) is 3.07. The maximum Gasteiger partial charge on any atom is 0.0499 e. The van der Waals surface area contributed by atoms with E-state index in [9.17, 15) is 5.11 Å². The highest BCUT2D eigenvalue weighted by Gasteiger charge is 2.36. The van der Waals surface area contributed by atoms with Crippen molar-refractivity contribution >= 4 is 0 Å². The molecule has 0 radical (unpaired) electrons. The molecule has 18 heavy (non-hydrogen) atoms. The Bertz CT molecular complexity index is 248. The highest BCUT2D eigenvalue weighted by Crippen LogP contribution is 2.40. The van der Waals surface area contributed by atoms with Gasteiger partial charge in [0, 0.05) is 24.6 Å². The molecule has 0 amide bonds. The van der Waals surface area contributed by atoms with Crippen LogP contribution in [0.25, 0.3) is 0 Å². The molecular formula is C16H33NO. The van der Waals surface area contributed by atoms with Crippen molar-refractivity contribution in [3.63, 3.8) is 0 Å². The molecule has 0 aromatic rings. The van der Waals surface area contributed by atoms with E-state index in [1.54, 1.807) is 0 Å². The molecule has 2 nitrogen and oxygen atoms in total. The van der Waals surface area contributed by atoms with Crippen LogP contribution in [0.15, 0.2) is 0 Å². The number of hydrogen-bond donors (Lipinski definition) is 1. The summed E-state index contributed by atoms with van der Waals surface area (Å²) in [5.41, 5.74) is 0.453. The SMILES string of the molecule is CC1CCC(CO)(CN(C)C(C)C(C)(C)C)CC1. The summed E-state index contributed by atoms with van der Waals surface area (Å²) in [7, 11) is 2.21. The molecule has 0 bridgehead atoms. The highest BCUT2D eigenvalue weighted by molar-refractivity contribution is 4.89. The Morgan fingerprint density at radius 3 is 2.17 bits per heavy atom. The molecule has 1 aliphatic rings. The predicted molar refractivity (Wildman–Crippen MR) is 78.7 cm³/mol. The number of aliphatic hydroxyl groups excluding tert-OH is 1. The van der Waals surface area contributed by atoms with Gasteiger partial charge in [0.2, 0.25) is 0 Å². The van der Waals surface area contributed by atoms with Crippen LogP contribution in [0, 0.1) is 16.7 Å². The van der Waals surface area contributed by atoms with Crippen LogP contribution in [0.1, 0.15) is 60.3 Å². The topological polar surface area (TPSA) is 23.5 Å². The third-order valence-corrected chi connectivity index (χ3v) is 5.17. The van der Waals surface area contributed by atoms with E-state index in [2.05, 4.69) is 46.6 Å². The van der Waals surface area contributed by atoms with Crippen LogP contribution in [0.2, 0.25) is 0 Å². The minimum Gasteiger partial charge on any atom is -0.396 e. The lowest BCUT2D eigenvalue weighted by Gasteiger charge is -2.44. The Hall–Kier alpha value is -0.0800. The Balaban J connectivity index is 2.63. The minimum atomic E-state index is 0.154. The van der Waals surface area contributed by atoms with Crippen molar-refractivity contribution in [2.24, 2.45) is 16.7 Å². The van der Waals surface area contributed by atoms with Crippen LogP contribution in [0.4, 0.5) is 0 Å².